The third-order valence-corrected chi connectivity index (χ3v) is 3.00. The average molecular weight is 240 g/mol. The van der Waals surface area contributed by atoms with E-state index in [2.05, 4.69) is 24.2 Å². The summed E-state index contributed by atoms with van der Waals surface area (Å²) >= 11 is 0. The Labute approximate surface area is 104 Å². The van der Waals surface area contributed by atoms with Crippen LogP contribution in [0, 0.1) is 6.92 Å². The molecule has 1 heterocycles. The molecule has 0 bridgehead atoms. The molecule has 1 rings (SSSR count). The molecule has 0 aliphatic rings. The largest absolute Gasteiger partial charge is 0.469 e. The van der Waals surface area contributed by atoms with Crippen LogP contribution >= 0.6 is 0 Å². The number of hydrogen-bond acceptors (Lipinski definition) is 4. The molecular weight excluding hydrogens is 216 g/mol. The minimum Gasteiger partial charge on any atom is -0.469 e. The molecule has 1 aromatic heterocycles. The van der Waals surface area contributed by atoms with Gasteiger partial charge in [-0.25, -0.2) is 0 Å². The van der Waals surface area contributed by atoms with Gasteiger partial charge in [0.25, 0.3) is 0 Å². The van der Waals surface area contributed by atoms with E-state index in [4.69, 9.17) is 9.15 Å². The number of ether oxygens (including phenoxy) is 1. The highest BCUT2D eigenvalue weighted by molar-refractivity contribution is 5.15. The second kappa shape index (κ2) is 7.48. The van der Waals surface area contributed by atoms with Gasteiger partial charge < -0.3 is 14.5 Å². The molecule has 0 saturated heterocycles. The highest BCUT2D eigenvalue weighted by Crippen LogP contribution is 2.12. The first-order valence-electron chi connectivity index (χ1n) is 6.11. The second-order valence-electron chi connectivity index (χ2n) is 4.33. The number of hydrogen-bond donors (Lipinski definition) is 1. The van der Waals surface area contributed by atoms with Crippen LogP contribution in [-0.2, 0) is 11.3 Å². The zero-order valence-corrected chi connectivity index (χ0v) is 11.3. The summed E-state index contributed by atoms with van der Waals surface area (Å²) in [7, 11) is 3.86. The lowest BCUT2D eigenvalue weighted by Crippen LogP contribution is -2.42. The van der Waals surface area contributed by atoms with E-state index in [0.29, 0.717) is 6.04 Å². The van der Waals surface area contributed by atoms with Crippen molar-refractivity contribution in [1.29, 1.82) is 0 Å². The third kappa shape index (κ3) is 4.50. The second-order valence-corrected chi connectivity index (χ2v) is 4.33. The minimum absolute atomic E-state index is 0.384. The first-order chi connectivity index (χ1) is 8.19. The van der Waals surface area contributed by atoms with Crippen molar-refractivity contribution in [3.8, 4) is 0 Å². The molecule has 4 heteroatoms. The van der Waals surface area contributed by atoms with Crippen molar-refractivity contribution in [2.45, 2.75) is 26.4 Å². The van der Waals surface area contributed by atoms with Crippen molar-refractivity contribution in [2.75, 3.05) is 33.9 Å². The van der Waals surface area contributed by atoms with Crippen molar-refractivity contribution >= 4 is 0 Å². The van der Waals surface area contributed by atoms with Crippen molar-refractivity contribution < 1.29 is 9.15 Å². The van der Waals surface area contributed by atoms with Gasteiger partial charge in [0.15, 0.2) is 0 Å². The quantitative estimate of drug-likeness (QED) is 0.749. The van der Waals surface area contributed by atoms with Gasteiger partial charge in [-0.05, 0) is 26.6 Å². The first kappa shape index (κ1) is 14.2. The Hall–Kier alpha value is -0.840. The van der Waals surface area contributed by atoms with E-state index in [9.17, 15) is 0 Å². The molecule has 0 aromatic carbocycles. The zero-order valence-electron chi connectivity index (χ0n) is 11.3. The van der Waals surface area contributed by atoms with E-state index in [0.717, 1.165) is 32.0 Å². The average Bonchev–Trinajstić information content (AvgIpc) is 2.70. The molecule has 98 valence electrons. The molecule has 0 saturated carbocycles. The number of furan rings is 1. The summed E-state index contributed by atoms with van der Waals surface area (Å²) in [6.45, 7) is 7.67. The molecule has 1 aromatic rings. The Bertz CT molecular complexity index is 312. The highest BCUT2D eigenvalue weighted by atomic mass is 16.5. The van der Waals surface area contributed by atoms with Crippen LogP contribution in [-0.4, -0.2) is 44.8 Å². The van der Waals surface area contributed by atoms with Crippen LogP contribution in [0.1, 0.15) is 18.2 Å². The molecular formula is C13H24N2O2. The zero-order chi connectivity index (χ0) is 12.7. The predicted octanol–water partition coefficient (Wildman–Crippen LogP) is 1.64. The van der Waals surface area contributed by atoms with E-state index in [-0.39, 0.29) is 0 Å². The molecule has 0 aliphatic carbocycles. The van der Waals surface area contributed by atoms with Crippen LogP contribution in [0.5, 0.6) is 0 Å². The van der Waals surface area contributed by atoms with Crippen molar-refractivity contribution in [3.63, 3.8) is 0 Å². The van der Waals surface area contributed by atoms with Gasteiger partial charge in [-0.2, -0.15) is 0 Å². The Morgan fingerprint density at radius 2 is 2.29 bits per heavy atom. The van der Waals surface area contributed by atoms with Crippen LogP contribution in [0.2, 0.25) is 0 Å². The van der Waals surface area contributed by atoms with Gasteiger partial charge in [-0.15, -0.1) is 0 Å². The summed E-state index contributed by atoms with van der Waals surface area (Å²) in [5.74, 6) is 0.997. The van der Waals surface area contributed by atoms with E-state index in [1.54, 1.807) is 13.4 Å². The maximum Gasteiger partial charge on any atom is 0.105 e. The third-order valence-electron chi connectivity index (χ3n) is 3.00. The van der Waals surface area contributed by atoms with Crippen molar-refractivity contribution in [2.24, 2.45) is 0 Å². The fourth-order valence-corrected chi connectivity index (χ4v) is 1.82. The Kier molecular flexibility index (Phi) is 6.26. The Morgan fingerprint density at radius 1 is 1.53 bits per heavy atom. The molecule has 17 heavy (non-hydrogen) atoms. The lowest BCUT2D eigenvalue weighted by molar-refractivity contribution is 0.101. The minimum atomic E-state index is 0.384. The summed E-state index contributed by atoms with van der Waals surface area (Å²) < 4.78 is 10.6. The lowest BCUT2D eigenvalue weighted by atomic mass is 10.2. The van der Waals surface area contributed by atoms with E-state index >= 15 is 0 Å². The SMILES string of the molecule is CCNCC(COC)N(C)Cc1ccoc1C. The normalized spacial score (nSPS) is 13.2. The smallest absolute Gasteiger partial charge is 0.105 e. The Balaban J connectivity index is 2.52. The molecule has 0 amide bonds. The van der Waals surface area contributed by atoms with Gasteiger partial charge in [0.2, 0.25) is 0 Å². The molecule has 1 unspecified atom stereocenters. The van der Waals surface area contributed by atoms with Gasteiger partial charge in [0.05, 0.1) is 12.9 Å². The van der Waals surface area contributed by atoms with Crippen LogP contribution in [0.4, 0.5) is 0 Å². The van der Waals surface area contributed by atoms with Crippen LogP contribution < -0.4 is 5.32 Å². The monoisotopic (exact) mass is 240 g/mol. The fourth-order valence-electron chi connectivity index (χ4n) is 1.82. The number of rotatable bonds is 8. The number of nitrogens with zero attached hydrogens (tertiary/aromatic N) is 1. The summed E-state index contributed by atoms with van der Waals surface area (Å²) in [4.78, 5) is 2.30. The molecule has 4 nitrogen and oxygen atoms in total. The molecule has 0 spiro atoms. The van der Waals surface area contributed by atoms with E-state index in [1.165, 1.54) is 5.56 Å². The van der Waals surface area contributed by atoms with Crippen molar-refractivity contribution in [1.82, 2.24) is 10.2 Å². The maximum atomic E-state index is 5.31. The Morgan fingerprint density at radius 3 is 2.82 bits per heavy atom. The van der Waals surface area contributed by atoms with Crippen molar-refractivity contribution in [3.05, 3.63) is 23.7 Å². The summed E-state index contributed by atoms with van der Waals surface area (Å²) in [5, 5.41) is 3.36. The van der Waals surface area contributed by atoms with Crippen LogP contribution in [0.3, 0.4) is 0 Å². The molecule has 1 N–H and O–H groups in total. The number of aryl methyl sites for hydroxylation is 1. The van der Waals surface area contributed by atoms with Gasteiger partial charge in [-0.1, -0.05) is 6.92 Å². The molecule has 1 atom stereocenters. The van der Waals surface area contributed by atoms with Gasteiger partial charge in [0.1, 0.15) is 5.76 Å². The highest BCUT2D eigenvalue weighted by Gasteiger charge is 2.15. The van der Waals surface area contributed by atoms with E-state index < -0.39 is 0 Å². The number of methoxy groups -OCH3 is 1. The summed E-state index contributed by atoms with van der Waals surface area (Å²) in [6.07, 6.45) is 1.74. The number of likely N-dealkylation sites (N-methyl/N-ethyl adjacent to an activating group) is 2. The predicted molar refractivity (Wildman–Crippen MR) is 69.1 cm³/mol. The van der Waals surface area contributed by atoms with Gasteiger partial charge >= 0.3 is 0 Å². The molecule has 0 aliphatic heterocycles. The topological polar surface area (TPSA) is 37.6 Å². The summed E-state index contributed by atoms with van der Waals surface area (Å²) in [6, 6.07) is 2.41. The van der Waals surface area contributed by atoms with Gasteiger partial charge in [0, 0.05) is 31.8 Å². The molecule has 0 radical (unpaired) electrons. The first-order valence-corrected chi connectivity index (χ1v) is 6.11. The lowest BCUT2D eigenvalue weighted by Gasteiger charge is -2.27. The number of nitrogens with one attached hydrogen (secondary N) is 1. The maximum absolute atomic E-state index is 5.31. The molecule has 0 fully saturated rings. The van der Waals surface area contributed by atoms with Gasteiger partial charge in [-0.3, -0.25) is 4.90 Å². The van der Waals surface area contributed by atoms with Crippen LogP contribution in [0.15, 0.2) is 16.7 Å². The summed E-state index contributed by atoms with van der Waals surface area (Å²) in [5.41, 5.74) is 1.24. The fraction of sp³-hybridized carbons (Fsp3) is 0.692. The van der Waals surface area contributed by atoms with E-state index in [1.807, 2.05) is 13.0 Å². The van der Waals surface area contributed by atoms with Crippen LogP contribution in [0.25, 0.3) is 0 Å². The standard InChI is InChI=1S/C13H24N2O2/c1-5-14-8-13(10-16-4)15(3)9-12-6-7-17-11(12)2/h6-7,13-14H,5,8-10H2,1-4H3.